The molecule has 3 aliphatic rings. The lowest BCUT2D eigenvalue weighted by Crippen LogP contribution is -2.16. The Hall–Kier alpha value is -4.88. The first-order valence-corrected chi connectivity index (χ1v) is 20.0. The van der Waals surface area contributed by atoms with Gasteiger partial charge in [-0.25, -0.2) is 0 Å². The summed E-state index contributed by atoms with van der Waals surface area (Å²) < 4.78 is 0. The molecule has 260 valence electrons. The van der Waals surface area contributed by atoms with Crippen LogP contribution < -0.4 is 4.90 Å². The van der Waals surface area contributed by atoms with Crippen LogP contribution in [0.25, 0.3) is 33.4 Å². The molecule has 0 heterocycles. The molecule has 0 saturated heterocycles. The van der Waals surface area contributed by atoms with E-state index in [0.29, 0.717) is 5.92 Å². The number of rotatable bonds is 7. The molecule has 0 atom stereocenters. The lowest BCUT2D eigenvalue weighted by molar-refractivity contribution is 0.443. The topological polar surface area (TPSA) is 3.24 Å². The summed E-state index contributed by atoms with van der Waals surface area (Å²) in [6.45, 7) is 4.76. The van der Waals surface area contributed by atoms with Gasteiger partial charge in [0.25, 0.3) is 0 Å². The second kappa shape index (κ2) is 13.9. The second-order valence-corrected chi connectivity index (χ2v) is 16.3. The highest BCUT2D eigenvalue weighted by Gasteiger charge is 2.35. The molecule has 0 amide bonds. The monoisotopic (exact) mass is 677 g/mol. The molecular weight excluding hydrogens is 627 g/mol. The highest BCUT2D eigenvalue weighted by Crippen LogP contribution is 2.51. The molecule has 0 radical (unpaired) electrons. The van der Waals surface area contributed by atoms with Crippen molar-refractivity contribution in [3.05, 3.63) is 162 Å². The first-order valence-electron chi connectivity index (χ1n) is 20.0. The molecule has 3 aliphatic carbocycles. The van der Waals surface area contributed by atoms with Gasteiger partial charge >= 0.3 is 0 Å². The van der Waals surface area contributed by atoms with Gasteiger partial charge in [0.1, 0.15) is 0 Å². The van der Waals surface area contributed by atoms with Crippen LogP contribution in [0.2, 0.25) is 0 Å². The van der Waals surface area contributed by atoms with Gasteiger partial charge in [-0.05, 0) is 136 Å². The fourth-order valence-electron chi connectivity index (χ4n) is 9.70. The van der Waals surface area contributed by atoms with Gasteiger partial charge in [-0.2, -0.15) is 0 Å². The van der Waals surface area contributed by atoms with Gasteiger partial charge in [-0.3, -0.25) is 0 Å². The van der Waals surface area contributed by atoms with Crippen molar-refractivity contribution in [3.8, 4) is 33.4 Å². The third-order valence-corrected chi connectivity index (χ3v) is 12.7. The van der Waals surface area contributed by atoms with E-state index in [2.05, 4.69) is 158 Å². The molecule has 0 unspecified atom stereocenters. The summed E-state index contributed by atoms with van der Waals surface area (Å²) in [7, 11) is 0. The van der Waals surface area contributed by atoms with Gasteiger partial charge in [-0.1, -0.05) is 149 Å². The summed E-state index contributed by atoms with van der Waals surface area (Å²) >= 11 is 0. The van der Waals surface area contributed by atoms with Crippen LogP contribution in [0.15, 0.2) is 140 Å². The van der Waals surface area contributed by atoms with Crippen LogP contribution in [0.1, 0.15) is 112 Å². The van der Waals surface area contributed by atoms with Crippen molar-refractivity contribution in [1.82, 2.24) is 0 Å². The van der Waals surface area contributed by atoms with E-state index in [9.17, 15) is 0 Å². The molecule has 52 heavy (non-hydrogen) atoms. The van der Waals surface area contributed by atoms with E-state index >= 15 is 0 Å². The minimum absolute atomic E-state index is 0.0530. The SMILES string of the molecule is CC1(C)c2ccccc2-c2ccc(N(c3ccc(-c4cccc(-c5ccc(C6CCCCC6)cc5)c4)cc3)c3cccc(C4CCCCC4)c3)cc21. The van der Waals surface area contributed by atoms with Crippen LogP contribution in [0.4, 0.5) is 17.1 Å². The van der Waals surface area contributed by atoms with Gasteiger partial charge in [0, 0.05) is 22.5 Å². The Morgan fingerprint density at radius 2 is 0.962 bits per heavy atom. The molecule has 2 fully saturated rings. The van der Waals surface area contributed by atoms with Crippen molar-refractivity contribution in [2.75, 3.05) is 4.90 Å². The summed E-state index contributed by atoms with van der Waals surface area (Å²) in [5.74, 6) is 1.39. The molecule has 0 bridgehead atoms. The van der Waals surface area contributed by atoms with Crippen molar-refractivity contribution < 1.29 is 0 Å². The number of hydrogen-bond acceptors (Lipinski definition) is 1. The zero-order valence-electron chi connectivity index (χ0n) is 31.0. The average molecular weight is 678 g/mol. The van der Waals surface area contributed by atoms with Crippen LogP contribution in [-0.2, 0) is 5.41 Å². The molecule has 6 aromatic carbocycles. The van der Waals surface area contributed by atoms with Crippen LogP contribution in [0.5, 0.6) is 0 Å². The lowest BCUT2D eigenvalue weighted by Gasteiger charge is -2.29. The summed E-state index contributed by atoms with van der Waals surface area (Å²) in [5.41, 5.74) is 17.2. The summed E-state index contributed by atoms with van der Waals surface area (Å²) in [6.07, 6.45) is 13.5. The molecule has 0 N–H and O–H groups in total. The van der Waals surface area contributed by atoms with Crippen molar-refractivity contribution in [2.45, 2.75) is 95.3 Å². The third kappa shape index (κ3) is 6.19. The second-order valence-electron chi connectivity index (χ2n) is 16.3. The molecule has 0 spiro atoms. The van der Waals surface area contributed by atoms with Gasteiger partial charge < -0.3 is 4.90 Å². The molecule has 0 aliphatic heterocycles. The number of fused-ring (bicyclic) bond motifs is 3. The minimum atomic E-state index is -0.0530. The maximum Gasteiger partial charge on any atom is 0.0465 e. The maximum absolute atomic E-state index is 2.49. The number of anilines is 3. The first kappa shape index (κ1) is 33.0. The Morgan fingerprint density at radius 1 is 0.404 bits per heavy atom. The average Bonchev–Trinajstić information content (AvgIpc) is 3.44. The van der Waals surface area contributed by atoms with Crippen molar-refractivity contribution in [3.63, 3.8) is 0 Å². The van der Waals surface area contributed by atoms with Gasteiger partial charge in [0.15, 0.2) is 0 Å². The zero-order chi connectivity index (χ0) is 35.1. The smallest absolute Gasteiger partial charge is 0.0465 e. The van der Waals surface area contributed by atoms with E-state index < -0.39 is 0 Å². The van der Waals surface area contributed by atoms with E-state index in [1.165, 1.54) is 137 Å². The van der Waals surface area contributed by atoms with E-state index in [0.717, 1.165) is 5.92 Å². The van der Waals surface area contributed by atoms with Crippen LogP contribution in [0, 0.1) is 0 Å². The molecule has 9 rings (SSSR count). The fourth-order valence-corrected chi connectivity index (χ4v) is 9.70. The predicted molar refractivity (Wildman–Crippen MR) is 221 cm³/mol. The van der Waals surface area contributed by atoms with Crippen molar-refractivity contribution >= 4 is 17.1 Å². The van der Waals surface area contributed by atoms with Crippen LogP contribution in [0.3, 0.4) is 0 Å². The van der Waals surface area contributed by atoms with Gasteiger partial charge in [0.05, 0.1) is 0 Å². The maximum atomic E-state index is 2.49. The molecule has 1 nitrogen and oxygen atoms in total. The Labute approximate surface area is 311 Å². The summed E-state index contributed by atoms with van der Waals surface area (Å²) in [5, 5.41) is 0. The number of hydrogen-bond donors (Lipinski definition) is 0. The zero-order valence-corrected chi connectivity index (χ0v) is 31.0. The Bertz CT molecular complexity index is 2170. The normalized spacial score (nSPS) is 17.0. The largest absolute Gasteiger partial charge is 0.310 e. The minimum Gasteiger partial charge on any atom is -0.310 e. The van der Waals surface area contributed by atoms with E-state index in [-0.39, 0.29) is 5.41 Å². The Balaban J connectivity index is 1.06. The predicted octanol–water partition coefficient (Wildman–Crippen LogP) is 14.9. The van der Waals surface area contributed by atoms with E-state index in [4.69, 9.17) is 0 Å². The lowest BCUT2D eigenvalue weighted by atomic mass is 9.82. The van der Waals surface area contributed by atoms with Gasteiger partial charge in [-0.15, -0.1) is 0 Å². The fraction of sp³-hybridized carbons (Fsp3) is 0.294. The van der Waals surface area contributed by atoms with E-state index in [1.54, 1.807) is 0 Å². The highest BCUT2D eigenvalue weighted by molar-refractivity contribution is 5.86. The standard InChI is InChI=1S/C51H51N/c1-51(2)49-22-10-9-21-47(49)48-32-31-46(35-50(48)51)52(45-20-12-19-43(34-45)37-15-7-4-8-16-37)44-29-27-40(28-30-44)42-18-11-17-41(33-42)39-25-23-38(24-26-39)36-13-5-3-6-14-36/h9-12,17-37H,3-8,13-16H2,1-2H3. The van der Waals surface area contributed by atoms with Gasteiger partial charge in [0.2, 0.25) is 0 Å². The molecule has 2 saturated carbocycles. The van der Waals surface area contributed by atoms with E-state index in [1.807, 2.05) is 0 Å². The molecule has 1 heteroatoms. The highest BCUT2D eigenvalue weighted by atomic mass is 15.1. The van der Waals surface area contributed by atoms with Crippen LogP contribution in [-0.4, -0.2) is 0 Å². The van der Waals surface area contributed by atoms with Crippen molar-refractivity contribution in [1.29, 1.82) is 0 Å². The number of benzene rings is 6. The third-order valence-electron chi connectivity index (χ3n) is 12.7. The molecule has 0 aromatic heterocycles. The summed E-state index contributed by atoms with van der Waals surface area (Å²) in [4.78, 5) is 2.49. The van der Waals surface area contributed by atoms with Crippen molar-refractivity contribution in [2.24, 2.45) is 0 Å². The Morgan fingerprint density at radius 3 is 1.65 bits per heavy atom. The molecule has 6 aromatic rings. The quantitative estimate of drug-likeness (QED) is 0.163. The summed E-state index contributed by atoms with van der Waals surface area (Å²) in [6, 6.07) is 53.3. The number of nitrogens with zero attached hydrogens (tertiary/aromatic N) is 1. The molecular formula is C51H51N. The first-order chi connectivity index (χ1) is 25.5. The van der Waals surface area contributed by atoms with Crippen LogP contribution >= 0.6 is 0 Å². The Kier molecular flexibility index (Phi) is 8.83.